The molecule has 0 spiro atoms. The molecule has 1 aromatic heterocycles. The van der Waals surface area contributed by atoms with Crippen molar-refractivity contribution in [3.63, 3.8) is 0 Å². The Morgan fingerprint density at radius 1 is 0.900 bits per heavy atom. The molecule has 0 amide bonds. The maximum atomic E-state index is 13.0. The number of sulfonamides is 1. The number of hydrogen-bond acceptors (Lipinski definition) is 4. The molecule has 0 saturated carbocycles. The zero-order chi connectivity index (χ0) is 20.6. The Bertz CT molecular complexity index is 1320. The van der Waals surface area contributed by atoms with Gasteiger partial charge in [-0.05, 0) is 47.7 Å². The molecule has 1 atom stereocenters. The zero-order valence-electron chi connectivity index (χ0n) is 16.3. The van der Waals surface area contributed by atoms with E-state index in [4.69, 9.17) is 4.98 Å². The number of nitrogens with one attached hydrogen (secondary N) is 1. The molecule has 6 heteroatoms. The number of benzene rings is 3. The number of aryl methyl sites for hydroxylation is 1. The number of hydrogen-bond donors (Lipinski definition) is 1. The largest absolute Gasteiger partial charge is 0.240 e. The molecule has 0 radical (unpaired) electrons. The van der Waals surface area contributed by atoms with Crippen LogP contribution in [-0.2, 0) is 22.9 Å². The third-order valence-corrected chi connectivity index (χ3v) is 7.05. The number of aromatic nitrogens is 2. The lowest BCUT2D eigenvalue weighted by Gasteiger charge is -2.24. The molecule has 1 aliphatic rings. The quantitative estimate of drug-likeness (QED) is 0.544. The van der Waals surface area contributed by atoms with Gasteiger partial charge in [-0.15, -0.1) is 0 Å². The molecule has 1 heterocycles. The first-order chi connectivity index (χ1) is 14.6. The second-order valence-electron chi connectivity index (χ2n) is 7.60. The summed E-state index contributed by atoms with van der Waals surface area (Å²) in [5.41, 5.74) is 3.00. The molecule has 3 aromatic carbocycles. The summed E-state index contributed by atoms with van der Waals surface area (Å²) >= 11 is 0. The van der Waals surface area contributed by atoms with E-state index in [1.54, 1.807) is 12.1 Å². The van der Waals surface area contributed by atoms with Gasteiger partial charge < -0.3 is 0 Å². The highest BCUT2D eigenvalue weighted by atomic mass is 32.2. The van der Waals surface area contributed by atoms with Gasteiger partial charge in [0.25, 0.3) is 0 Å². The lowest BCUT2D eigenvalue weighted by atomic mass is 9.93. The molecule has 0 saturated heterocycles. The van der Waals surface area contributed by atoms with Crippen molar-refractivity contribution in [1.29, 1.82) is 0 Å². The molecule has 1 unspecified atom stereocenters. The lowest BCUT2D eigenvalue weighted by Crippen LogP contribution is -2.39. The van der Waals surface area contributed by atoms with E-state index in [9.17, 15) is 8.42 Å². The van der Waals surface area contributed by atoms with Gasteiger partial charge in [-0.3, -0.25) is 0 Å². The fourth-order valence-electron chi connectivity index (χ4n) is 3.96. The van der Waals surface area contributed by atoms with E-state index in [0.29, 0.717) is 23.6 Å². The standard InChI is InChI=1S/C24H21N3O2S/c28-30(29,22-12-10-17-6-4-5-9-19(17)15-22)27-21-11-13-23-20(14-21)16-25-24(26-23)18-7-2-1-3-8-18/h1-10,12,15-16,21,27H,11,13-14H2. The average Bonchev–Trinajstić information content (AvgIpc) is 2.79. The van der Waals surface area contributed by atoms with Crippen LogP contribution in [0.1, 0.15) is 17.7 Å². The highest BCUT2D eigenvalue weighted by molar-refractivity contribution is 7.89. The molecule has 5 nitrogen and oxygen atoms in total. The summed E-state index contributed by atoms with van der Waals surface area (Å²) in [6, 6.07) is 22.7. The maximum absolute atomic E-state index is 13.0. The van der Waals surface area contributed by atoms with Gasteiger partial charge in [0.05, 0.1) is 4.90 Å². The topological polar surface area (TPSA) is 72.0 Å². The fraction of sp³-hybridized carbons (Fsp3) is 0.167. The van der Waals surface area contributed by atoms with E-state index in [2.05, 4.69) is 9.71 Å². The van der Waals surface area contributed by atoms with Crippen LogP contribution in [0.15, 0.2) is 83.9 Å². The summed E-state index contributed by atoms with van der Waals surface area (Å²) < 4.78 is 28.8. The van der Waals surface area contributed by atoms with Crippen molar-refractivity contribution in [2.75, 3.05) is 0 Å². The Kier molecular flexibility index (Phi) is 4.81. The zero-order valence-corrected chi connectivity index (χ0v) is 17.1. The van der Waals surface area contributed by atoms with Gasteiger partial charge in [-0.2, -0.15) is 0 Å². The lowest BCUT2D eigenvalue weighted by molar-refractivity contribution is 0.502. The summed E-state index contributed by atoms with van der Waals surface area (Å²) in [4.78, 5) is 9.51. The van der Waals surface area contributed by atoms with E-state index in [1.807, 2.05) is 66.9 Å². The first-order valence-corrected chi connectivity index (χ1v) is 11.5. The Balaban J connectivity index is 1.35. The highest BCUT2D eigenvalue weighted by Gasteiger charge is 2.26. The Morgan fingerprint density at radius 3 is 2.50 bits per heavy atom. The van der Waals surface area contributed by atoms with Crippen LogP contribution in [-0.4, -0.2) is 24.4 Å². The predicted octanol–water partition coefficient (Wildman–Crippen LogP) is 4.13. The minimum absolute atomic E-state index is 0.167. The van der Waals surface area contributed by atoms with Gasteiger partial charge in [0.2, 0.25) is 10.0 Å². The maximum Gasteiger partial charge on any atom is 0.240 e. The van der Waals surface area contributed by atoms with E-state index in [0.717, 1.165) is 34.0 Å². The van der Waals surface area contributed by atoms with Crippen molar-refractivity contribution in [3.05, 3.63) is 90.3 Å². The van der Waals surface area contributed by atoms with Crippen LogP contribution in [0, 0.1) is 0 Å². The molecular weight excluding hydrogens is 394 g/mol. The second-order valence-corrected chi connectivity index (χ2v) is 9.32. The Labute approximate surface area is 175 Å². The van der Waals surface area contributed by atoms with Gasteiger partial charge >= 0.3 is 0 Å². The van der Waals surface area contributed by atoms with E-state index < -0.39 is 10.0 Å². The monoisotopic (exact) mass is 415 g/mol. The number of fused-ring (bicyclic) bond motifs is 2. The van der Waals surface area contributed by atoms with E-state index >= 15 is 0 Å². The van der Waals surface area contributed by atoms with Crippen LogP contribution in [0.2, 0.25) is 0 Å². The molecule has 150 valence electrons. The summed E-state index contributed by atoms with van der Waals surface area (Å²) in [6.45, 7) is 0. The van der Waals surface area contributed by atoms with Crippen molar-refractivity contribution in [2.24, 2.45) is 0 Å². The molecule has 1 N–H and O–H groups in total. The van der Waals surface area contributed by atoms with Gasteiger partial charge in [0.1, 0.15) is 0 Å². The SMILES string of the molecule is O=S(=O)(NC1CCc2nc(-c3ccccc3)ncc2C1)c1ccc2ccccc2c1. The number of rotatable bonds is 4. The van der Waals surface area contributed by atoms with Crippen molar-refractivity contribution in [1.82, 2.24) is 14.7 Å². The van der Waals surface area contributed by atoms with Crippen LogP contribution in [0.4, 0.5) is 0 Å². The summed E-state index contributed by atoms with van der Waals surface area (Å²) in [6.07, 6.45) is 3.87. The van der Waals surface area contributed by atoms with Gasteiger partial charge in [0.15, 0.2) is 5.82 Å². The van der Waals surface area contributed by atoms with E-state index in [-0.39, 0.29) is 6.04 Å². The molecule has 0 fully saturated rings. The summed E-state index contributed by atoms with van der Waals surface area (Å²) in [7, 11) is -3.60. The molecule has 0 bridgehead atoms. The van der Waals surface area contributed by atoms with Crippen LogP contribution in [0.3, 0.4) is 0 Å². The van der Waals surface area contributed by atoms with Crippen LogP contribution in [0.5, 0.6) is 0 Å². The van der Waals surface area contributed by atoms with Crippen LogP contribution >= 0.6 is 0 Å². The van der Waals surface area contributed by atoms with Gasteiger partial charge in [0, 0.05) is 23.5 Å². The van der Waals surface area contributed by atoms with Crippen molar-refractivity contribution < 1.29 is 8.42 Å². The minimum Gasteiger partial charge on any atom is -0.236 e. The number of nitrogens with zero attached hydrogens (tertiary/aromatic N) is 2. The molecule has 0 aliphatic heterocycles. The third-order valence-electron chi connectivity index (χ3n) is 5.54. The Hall–Kier alpha value is -3.09. The molecule has 30 heavy (non-hydrogen) atoms. The Morgan fingerprint density at radius 2 is 1.67 bits per heavy atom. The first kappa shape index (κ1) is 18.9. The molecule has 1 aliphatic carbocycles. The van der Waals surface area contributed by atoms with Crippen LogP contribution in [0.25, 0.3) is 22.2 Å². The van der Waals surface area contributed by atoms with Gasteiger partial charge in [-0.25, -0.2) is 23.1 Å². The smallest absolute Gasteiger partial charge is 0.236 e. The first-order valence-electron chi connectivity index (χ1n) is 10.00. The predicted molar refractivity (Wildman–Crippen MR) is 118 cm³/mol. The summed E-state index contributed by atoms with van der Waals surface area (Å²) in [5, 5.41) is 1.94. The van der Waals surface area contributed by atoms with Gasteiger partial charge in [-0.1, -0.05) is 60.7 Å². The molecule has 5 rings (SSSR count). The van der Waals surface area contributed by atoms with Crippen LogP contribution < -0.4 is 4.72 Å². The highest BCUT2D eigenvalue weighted by Crippen LogP contribution is 2.25. The van der Waals surface area contributed by atoms with Crippen molar-refractivity contribution >= 4 is 20.8 Å². The third kappa shape index (κ3) is 3.72. The van der Waals surface area contributed by atoms with E-state index in [1.165, 1.54) is 0 Å². The molecule has 4 aromatic rings. The molecular formula is C24H21N3O2S. The average molecular weight is 416 g/mol. The summed E-state index contributed by atoms with van der Waals surface area (Å²) in [5.74, 6) is 0.713. The minimum atomic E-state index is -3.60. The fourth-order valence-corrected chi connectivity index (χ4v) is 5.26. The van der Waals surface area contributed by atoms with Crippen molar-refractivity contribution in [2.45, 2.75) is 30.2 Å². The normalized spacial score (nSPS) is 16.3. The van der Waals surface area contributed by atoms with Crippen molar-refractivity contribution in [3.8, 4) is 11.4 Å². The second kappa shape index (κ2) is 7.63.